The zero-order valence-electron chi connectivity index (χ0n) is 65.0. The zero-order chi connectivity index (χ0) is 73.0. The number of aliphatic hydroxyl groups excluding tert-OH is 1. The van der Waals surface area contributed by atoms with Crippen molar-refractivity contribution in [2.24, 2.45) is 17.8 Å². The normalized spacial score (nSPS) is 14.3. The molecule has 17 nitrogen and oxygen atoms in total. The van der Waals surface area contributed by atoms with Crippen LogP contribution in [0.25, 0.3) is 0 Å². The number of carbonyl (C=O) groups is 4. The van der Waals surface area contributed by atoms with Crippen LogP contribution in [-0.4, -0.2) is 96.7 Å². The fourth-order valence-electron chi connectivity index (χ4n) is 12.3. The number of hydrogen-bond acceptors (Lipinski definition) is 15. The zero-order valence-corrected chi connectivity index (χ0v) is 66.8. The van der Waals surface area contributed by atoms with Gasteiger partial charge in [-0.15, -0.1) is 0 Å². The third-order valence-corrected chi connectivity index (χ3v) is 20.9. The summed E-state index contributed by atoms with van der Waals surface area (Å²) >= 11 is 0. The van der Waals surface area contributed by atoms with Gasteiger partial charge in [-0.2, -0.15) is 0 Å². The predicted molar refractivity (Wildman–Crippen MR) is 405 cm³/mol. The Morgan fingerprint density at radius 1 is 0.293 bits per heavy atom. The third-order valence-electron chi connectivity index (χ3n) is 19.0. The highest BCUT2D eigenvalue weighted by Gasteiger charge is 2.30. The summed E-state index contributed by atoms with van der Waals surface area (Å²) in [5.74, 6) is 0.237. The maximum absolute atomic E-state index is 13.1. The van der Waals surface area contributed by atoms with Gasteiger partial charge in [-0.05, 0) is 43.4 Å². The van der Waals surface area contributed by atoms with E-state index in [2.05, 4.69) is 48.5 Å². The van der Waals surface area contributed by atoms with Crippen molar-refractivity contribution in [3.05, 3.63) is 0 Å². The van der Waals surface area contributed by atoms with Gasteiger partial charge in [-0.1, -0.05) is 363 Å². The average Bonchev–Trinajstić information content (AvgIpc) is 1.06. The van der Waals surface area contributed by atoms with Crippen LogP contribution in [0.15, 0.2) is 0 Å². The van der Waals surface area contributed by atoms with Crippen molar-refractivity contribution in [1.29, 1.82) is 0 Å². The minimum atomic E-state index is -4.96. The Hall–Kier alpha value is -1.94. The Morgan fingerprint density at radius 3 is 0.768 bits per heavy atom. The summed E-state index contributed by atoms with van der Waals surface area (Å²) < 4.78 is 68.6. The van der Waals surface area contributed by atoms with Crippen LogP contribution in [-0.2, 0) is 65.4 Å². The molecular formula is C80H156O17P2. The molecule has 19 heteroatoms. The van der Waals surface area contributed by atoms with Crippen molar-refractivity contribution in [2.75, 3.05) is 39.6 Å². The number of aliphatic hydroxyl groups is 1. The summed E-state index contributed by atoms with van der Waals surface area (Å²) in [7, 11) is -9.92. The first-order valence-corrected chi connectivity index (χ1v) is 44.4. The Bertz CT molecular complexity index is 1920. The van der Waals surface area contributed by atoms with E-state index < -0.39 is 97.5 Å². The number of phosphoric acid groups is 2. The molecule has 0 aliphatic carbocycles. The van der Waals surface area contributed by atoms with E-state index in [1.807, 2.05) is 0 Å². The molecular weight excluding hydrogens is 1290 g/mol. The van der Waals surface area contributed by atoms with Crippen LogP contribution in [0.5, 0.6) is 0 Å². The lowest BCUT2D eigenvalue weighted by Crippen LogP contribution is -2.30. The Labute approximate surface area is 607 Å². The van der Waals surface area contributed by atoms with Gasteiger partial charge in [0.2, 0.25) is 0 Å². The van der Waals surface area contributed by atoms with E-state index in [1.54, 1.807) is 0 Å². The number of carbonyl (C=O) groups excluding carboxylic acids is 4. The van der Waals surface area contributed by atoms with Crippen molar-refractivity contribution in [3.63, 3.8) is 0 Å². The first-order chi connectivity index (χ1) is 47.8. The summed E-state index contributed by atoms with van der Waals surface area (Å²) in [4.78, 5) is 72.9. The minimum Gasteiger partial charge on any atom is -0.462 e. The molecule has 0 aliphatic heterocycles. The Morgan fingerprint density at radius 2 is 0.515 bits per heavy atom. The molecule has 3 unspecified atom stereocenters. The maximum Gasteiger partial charge on any atom is 0.472 e. The van der Waals surface area contributed by atoms with Crippen LogP contribution in [0, 0.1) is 17.8 Å². The van der Waals surface area contributed by atoms with Crippen molar-refractivity contribution >= 4 is 39.5 Å². The number of esters is 4. The average molecular weight is 1450 g/mol. The molecule has 0 aromatic rings. The van der Waals surface area contributed by atoms with Gasteiger partial charge in [0.25, 0.3) is 0 Å². The lowest BCUT2D eigenvalue weighted by atomic mass is 10.00. The monoisotopic (exact) mass is 1450 g/mol. The summed E-state index contributed by atoms with van der Waals surface area (Å²) in [6.45, 7) is 11.9. The molecule has 588 valence electrons. The van der Waals surface area contributed by atoms with E-state index in [4.69, 9.17) is 37.0 Å². The largest absolute Gasteiger partial charge is 0.472 e. The van der Waals surface area contributed by atoms with Crippen LogP contribution < -0.4 is 0 Å². The highest BCUT2D eigenvalue weighted by Crippen LogP contribution is 2.45. The summed E-state index contributed by atoms with van der Waals surface area (Å²) in [5, 5.41) is 10.6. The smallest absolute Gasteiger partial charge is 0.462 e. The lowest BCUT2D eigenvalue weighted by molar-refractivity contribution is -0.161. The van der Waals surface area contributed by atoms with Crippen LogP contribution in [0.4, 0.5) is 0 Å². The number of ether oxygens (including phenoxy) is 4. The van der Waals surface area contributed by atoms with Gasteiger partial charge >= 0.3 is 39.5 Å². The van der Waals surface area contributed by atoms with E-state index in [0.717, 1.165) is 114 Å². The van der Waals surface area contributed by atoms with Crippen LogP contribution in [0.3, 0.4) is 0 Å². The highest BCUT2D eigenvalue weighted by atomic mass is 31.2. The summed E-state index contributed by atoms with van der Waals surface area (Å²) in [6.07, 6.45) is 58.3. The van der Waals surface area contributed by atoms with Crippen molar-refractivity contribution < 1.29 is 80.2 Å². The molecule has 0 fully saturated rings. The van der Waals surface area contributed by atoms with Gasteiger partial charge in [0, 0.05) is 25.7 Å². The molecule has 99 heavy (non-hydrogen) atoms. The van der Waals surface area contributed by atoms with Crippen LogP contribution >= 0.6 is 15.6 Å². The quantitative estimate of drug-likeness (QED) is 0.0222. The summed E-state index contributed by atoms with van der Waals surface area (Å²) in [6, 6.07) is 0. The van der Waals surface area contributed by atoms with Crippen molar-refractivity contribution in [2.45, 2.75) is 433 Å². The molecule has 0 heterocycles. The lowest BCUT2D eigenvalue weighted by Gasteiger charge is -2.21. The maximum atomic E-state index is 13.1. The number of phosphoric ester groups is 2. The van der Waals surface area contributed by atoms with E-state index in [-0.39, 0.29) is 25.7 Å². The Kier molecular flexibility index (Phi) is 69.0. The van der Waals surface area contributed by atoms with Gasteiger partial charge < -0.3 is 33.8 Å². The highest BCUT2D eigenvalue weighted by molar-refractivity contribution is 7.47. The van der Waals surface area contributed by atoms with Crippen LogP contribution in [0.1, 0.15) is 414 Å². The van der Waals surface area contributed by atoms with Crippen molar-refractivity contribution in [3.8, 4) is 0 Å². The van der Waals surface area contributed by atoms with Gasteiger partial charge in [0.15, 0.2) is 12.2 Å². The fraction of sp³-hybridized carbons (Fsp3) is 0.950. The molecule has 0 spiro atoms. The van der Waals surface area contributed by atoms with Crippen LogP contribution in [0.2, 0.25) is 0 Å². The minimum absolute atomic E-state index is 0.106. The molecule has 0 bridgehead atoms. The molecule has 0 saturated heterocycles. The van der Waals surface area contributed by atoms with E-state index in [0.29, 0.717) is 25.7 Å². The van der Waals surface area contributed by atoms with E-state index in [1.165, 1.54) is 218 Å². The van der Waals surface area contributed by atoms with Gasteiger partial charge in [-0.3, -0.25) is 37.3 Å². The molecule has 0 radical (unpaired) electrons. The fourth-order valence-corrected chi connectivity index (χ4v) is 13.9. The topological polar surface area (TPSA) is 237 Å². The number of hydrogen-bond donors (Lipinski definition) is 3. The second-order valence-electron chi connectivity index (χ2n) is 30.0. The second-order valence-corrected chi connectivity index (χ2v) is 32.9. The second kappa shape index (κ2) is 70.4. The standard InChI is InChI=1S/C80H156O17P2/c1-8-10-11-12-13-14-27-35-40-49-56-63-79(84)97-76(68-91-78(83)62-55-48-43-42-46-53-60-73(7)9-2)70-95-99(88,89)93-66-74(81)65-92-98(86,87)94-69-75(67-90-77(82)61-54-47-39-34-30-25-22-21-24-29-33-38-45-52-59-72(5)6)96-80(85)64-57-50-41-36-31-26-20-18-16-15-17-19-23-28-32-37-44-51-58-71(3)4/h71-76,81H,8-70H2,1-7H3,(H,86,87)(H,88,89)/t73?,74-,75-,76-/m1/s1. The Balaban J connectivity index is 5.21. The molecule has 0 rings (SSSR count). The molecule has 0 aromatic carbocycles. The number of rotatable bonds is 78. The van der Waals surface area contributed by atoms with Gasteiger partial charge in [-0.25, -0.2) is 9.13 Å². The first kappa shape index (κ1) is 97.1. The summed E-state index contributed by atoms with van der Waals surface area (Å²) in [5.41, 5.74) is 0. The molecule has 0 amide bonds. The molecule has 3 N–H and O–H groups in total. The van der Waals surface area contributed by atoms with E-state index in [9.17, 15) is 43.2 Å². The number of unbranched alkanes of at least 4 members (excludes halogenated alkanes) is 45. The predicted octanol–water partition coefficient (Wildman–Crippen LogP) is 23.7. The van der Waals surface area contributed by atoms with Crippen molar-refractivity contribution in [1.82, 2.24) is 0 Å². The molecule has 0 aliphatic rings. The third kappa shape index (κ3) is 72.8. The molecule has 6 atom stereocenters. The molecule has 0 aromatic heterocycles. The van der Waals surface area contributed by atoms with Gasteiger partial charge in [0.1, 0.15) is 19.3 Å². The van der Waals surface area contributed by atoms with E-state index >= 15 is 0 Å². The van der Waals surface area contributed by atoms with Gasteiger partial charge in [0.05, 0.1) is 26.4 Å². The SMILES string of the molecule is CCCCCCCCCCCCCC(=O)O[C@H](COC(=O)CCCCCCCCC(C)CC)COP(=O)(O)OC[C@H](O)COP(=O)(O)OC[C@@H](COC(=O)CCCCCCCCCCCCCCCCC(C)C)OC(=O)CCCCCCCCCCCCCCCCCCCCC(C)C. The first-order valence-electron chi connectivity index (χ1n) is 41.4. The molecule has 0 saturated carbocycles.